The zero-order valence-corrected chi connectivity index (χ0v) is 20.7. The van der Waals surface area contributed by atoms with Gasteiger partial charge < -0.3 is 23.0 Å². The Morgan fingerprint density at radius 1 is 0.677 bits per heavy atom. The maximum Gasteiger partial charge on any atom is 0.463 e. The topological polar surface area (TPSA) is 50.1 Å². The van der Waals surface area contributed by atoms with Gasteiger partial charge in [0.15, 0.2) is 0 Å². The molecule has 0 atom stereocenters. The Labute approximate surface area is 187 Å². The number of rotatable bonds is 4. The van der Waals surface area contributed by atoms with E-state index in [9.17, 15) is 0 Å². The molecule has 0 spiro atoms. The second kappa shape index (κ2) is 7.11. The maximum absolute atomic E-state index is 6.56. The number of hydrogen-bond donors (Lipinski definition) is 0. The van der Waals surface area contributed by atoms with E-state index in [0.717, 1.165) is 22.3 Å². The third-order valence-electron chi connectivity index (χ3n) is 7.65. The highest BCUT2D eigenvalue weighted by atomic mass is 16.7. The van der Waals surface area contributed by atoms with Crippen LogP contribution in [0, 0.1) is 0 Å². The van der Waals surface area contributed by atoms with Crippen molar-refractivity contribution in [2.45, 2.75) is 103 Å². The Hall–Kier alpha value is -1.27. The number of fused-ring (bicyclic) bond motifs is 1. The predicted molar refractivity (Wildman–Crippen MR) is 125 cm³/mol. The monoisotopic (exact) mass is 426 g/mol. The molecule has 0 amide bonds. The predicted octanol–water partition coefficient (Wildman–Crippen LogP) is 5.90. The van der Waals surface area contributed by atoms with E-state index in [1.807, 2.05) is 18.2 Å². The highest BCUT2D eigenvalue weighted by molar-refractivity contribution is 6.68. The van der Waals surface area contributed by atoms with E-state index in [4.69, 9.17) is 23.0 Å². The SMILES string of the molecule is CC(C)c1oc2ccccc2c1C(B1OC(C)(C)C(C)(C)O1)B1OC(C)(C)C(C)(C)O1. The molecule has 0 bridgehead atoms. The van der Waals surface area contributed by atoms with Crippen molar-refractivity contribution in [1.82, 2.24) is 0 Å². The Kier molecular flexibility index (Phi) is 5.26. The molecule has 5 nitrogen and oxygen atoms in total. The molecule has 2 saturated heterocycles. The van der Waals surface area contributed by atoms with Gasteiger partial charge in [-0.05, 0) is 61.5 Å². The average Bonchev–Trinajstić information content (AvgIpc) is 3.16. The lowest BCUT2D eigenvalue weighted by molar-refractivity contribution is 0.00578. The van der Waals surface area contributed by atoms with Gasteiger partial charge in [0.2, 0.25) is 0 Å². The van der Waals surface area contributed by atoms with Gasteiger partial charge in [-0.15, -0.1) is 0 Å². The van der Waals surface area contributed by atoms with E-state index in [0.29, 0.717) is 0 Å². The molecule has 1 aromatic heterocycles. The van der Waals surface area contributed by atoms with Crippen LogP contribution in [0.15, 0.2) is 28.7 Å². The van der Waals surface area contributed by atoms with Gasteiger partial charge in [-0.2, -0.15) is 0 Å². The fraction of sp³-hybridized carbons (Fsp3) is 0.667. The molecule has 0 saturated carbocycles. The van der Waals surface area contributed by atoms with Crippen LogP contribution in [0.3, 0.4) is 0 Å². The summed E-state index contributed by atoms with van der Waals surface area (Å²) >= 11 is 0. The molecule has 0 N–H and O–H groups in total. The van der Waals surface area contributed by atoms with Gasteiger partial charge in [-0.25, -0.2) is 0 Å². The molecule has 4 rings (SSSR count). The quantitative estimate of drug-likeness (QED) is 0.570. The minimum absolute atomic E-state index is 0.190. The molecule has 1 aromatic carbocycles. The smallest absolute Gasteiger partial charge is 0.461 e. The highest BCUT2D eigenvalue weighted by Crippen LogP contribution is 2.49. The van der Waals surface area contributed by atoms with Crippen molar-refractivity contribution < 1.29 is 23.0 Å². The van der Waals surface area contributed by atoms with Gasteiger partial charge in [-0.1, -0.05) is 32.0 Å². The molecule has 31 heavy (non-hydrogen) atoms. The zero-order valence-electron chi connectivity index (χ0n) is 20.7. The lowest BCUT2D eigenvalue weighted by Crippen LogP contribution is -2.41. The number of para-hydroxylation sites is 1. The fourth-order valence-electron chi connectivity index (χ4n) is 4.33. The molecular weight excluding hydrogens is 390 g/mol. The summed E-state index contributed by atoms with van der Waals surface area (Å²) in [6.45, 7) is 20.9. The molecular formula is C24H36B2O5. The summed E-state index contributed by atoms with van der Waals surface area (Å²) in [4.78, 5) is 0. The summed E-state index contributed by atoms with van der Waals surface area (Å²) in [6.07, 6.45) is 0. The molecule has 168 valence electrons. The van der Waals surface area contributed by atoms with Gasteiger partial charge in [-0.3, -0.25) is 0 Å². The first-order valence-corrected chi connectivity index (χ1v) is 11.4. The molecule has 2 aliphatic rings. The Morgan fingerprint density at radius 2 is 1.10 bits per heavy atom. The largest absolute Gasteiger partial charge is 0.463 e. The van der Waals surface area contributed by atoms with E-state index >= 15 is 0 Å². The lowest BCUT2D eigenvalue weighted by Gasteiger charge is -2.32. The minimum atomic E-state index is -0.529. The van der Waals surface area contributed by atoms with Crippen LogP contribution >= 0.6 is 0 Å². The summed E-state index contributed by atoms with van der Waals surface area (Å²) in [5, 5.41) is 1.06. The van der Waals surface area contributed by atoms with Gasteiger partial charge in [0.1, 0.15) is 11.3 Å². The molecule has 0 unspecified atom stereocenters. The molecule has 0 radical (unpaired) electrons. The Bertz CT molecular complexity index is 908. The summed E-state index contributed by atoms with van der Waals surface area (Å²) in [6, 6.07) is 8.15. The Balaban J connectivity index is 1.89. The molecule has 0 aliphatic carbocycles. The summed E-state index contributed by atoms with van der Waals surface area (Å²) in [5.74, 6) is 1.12. The van der Waals surface area contributed by atoms with Gasteiger partial charge in [0, 0.05) is 16.9 Å². The molecule has 2 aromatic rings. The Morgan fingerprint density at radius 3 is 1.52 bits per heavy atom. The zero-order chi connectivity index (χ0) is 23.0. The molecule has 3 heterocycles. The van der Waals surface area contributed by atoms with Crippen LogP contribution in [-0.2, 0) is 18.6 Å². The van der Waals surface area contributed by atoms with Crippen LogP contribution in [-0.4, -0.2) is 36.6 Å². The van der Waals surface area contributed by atoms with Gasteiger partial charge >= 0.3 is 14.2 Å². The maximum atomic E-state index is 6.56. The van der Waals surface area contributed by atoms with Crippen LogP contribution in [0.2, 0.25) is 0 Å². The molecule has 2 fully saturated rings. The fourth-order valence-corrected chi connectivity index (χ4v) is 4.33. The second-order valence-corrected chi connectivity index (χ2v) is 11.3. The van der Waals surface area contributed by atoms with E-state index in [1.54, 1.807) is 0 Å². The van der Waals surface area contributed by atoms with E-state index in [-0.39, 0.29) is 11.6 Å². The summed E-state index contributed by atoms with van der Waals surface area (Å²) in [7, 11) is -1.06. The number of furan rings is 1. The van der Waals surface area contributed by atoms with Crippen molar-refractivity contribution in [3.05, 3.63) is 35.6 Å². The third-order valence-corrected chi connectivity index (χ3v) is 7.65. The van der Waals surface area contributed by atoms with E-state index in [1.165, 1.54) is 0 Å². The first kappa shape index (κ1) is 22.9. The molecule has 2 aliphatic heterocycles. The van der Waals surface area contributed by atoms with Crippen molar-refractivity contribution in [3.63, 3.8) is 0 Å². The van der Waals surface area contributed by atoms with Crippen molar-refractivity contribution in [2.75, 3.05) is 0 Å². The van der Waals surface area contributed by atoms with Crippen LogP contribution in [0.25, 0.3) is 11.0 Å². The third kappa shape index (κ3) is 3.58. The number of hydrogen-bond acceptors (Lipinski definition) is 5. The number of benzene rings is 1. The molecule has 7 heteroatoms. The first-order chi connectivity index (χ1) is 14.2. The van der Waals surface area contributed by atoms with Crippen molar-refractivity contribution in [3.8, 4) is 0 Å². The van der Waals surface area contributed by atoms with Crippen molar-refractivity contribution in [2.24, 2.45) is 0 Å². The van der Waals surface area contributed by atoms with Crippen molar-refractivity contribution in [1.29, 1.82) is 0 Å². The van der Waals surface area contributed by atoms with Gasteiger partial charge in [0.05, 0.1) is 28.1 Å². The minimum Gasteiger partial charge on any atom is -0.461 e. The van der Waals surface area contributed by atoms with E-state index < -0.39 is 36.6 Å². The first-order valence-electron chi connectivity index (χ1n) is 11.4. The summed E-state index contributed by atoms with van der Waals surface area (Å²) < 4.78 is 32.6. The van der Waals surface area contributed by atoms with Crippen LogP contribution < -0.4 is 0 Å². The average molecular weight is 426 g/mol. The van der Waals surface area contributed by atoms with Crippen LogP contribution in [0.4, 0.5) is 0 Å². The van der Waals surface area contributed by atoms with Crippen LogP contribution in [0.5, 0.6) is 0 Å². The van der Waals surface area contributed by atoms with Crippen LogP contribution in [0.1, 0.15) is 92.2 Å². The lowest BCUT2D eigenvalue weighted by atomic mass is 9.48. The van der Waals surface area contributed by atoms with Crippen molar-refractivity contribution >= 4 is 25.2 Å². The van der Waals surface area contributed by atoms with E-state index in [2.05, 4.69) is 75.3 Å². The summed E-state index contributed by atoms with van der Waals surface area (Å²) in [5.41, 5.74) is -0.229. The standard InChI is InChI=1S/C24H36B2O5/c1-15(2)19-18(16-13-11-12-14-17(16)27-19)20(25-28-21(3,4)22(5,6)29-25)26-30-23(7,8)24(9,10)31-26/h11-15,20H,1-10H3. The second-order valence-electron chi connectivity index (χ2n) is 11.3. The normalized spacial score (nSPS) is 24.1. The highest BCUT2D eigenvalue weighted by Gasteiger charge is 2.63. The van der Waals surface area contributed by atoms with Gasteiger partial charge in [0.25, 0.3) is 0 Å².